The molecule has 0 aromatic heterocycles. The molecule has 0 spiro atoms. The van der Waals surface area contributed by atoms with E-state index in [1.165, 1.54) is 30.3 Å². The normalized spacial score (nSPS) is 15.9. The van der Waals surface area contributed by atoms with Crippen molar-refractivity contribution in [3.63, 3.8) is 0 Å². The Bertz CT molecular complexity index is 2160. The van der Waals surface area contributed by atoms with E-state index in [-0.39, 0.29) is 46.2 Å². The second kappa shape index (κ2) is 15.6. The number of carbonyl (C=O) groups is 4. The molecule has 4 unspecified atom stereocenters. The van der Waals surface area contributed by atoms with Crippen LogP contribution in [0.1, 0.15) is 39.7 Å². The third kappa shape index (κ3) is 7.86. The fraction of sp³-hybridized carbons (Fsp3) is 0.211. The van der Waals surface area contributed by atoms with Crippen LogP contribution in [-0.4, -0.2) is 91.2 Å². The van der Waals surface area contributed by atoms with Crippen LogP contribution in [0.3, 0.4) is 0 Å². The van der Waals surface area contributed by atoms with Crippen molar-refractivity contribution in [3.8, 4) is 46.0 Å². The number of benzene rings is 4. The highest BCUT2D eigenvalue weighted by Crippen LogP contribution is 2.52. The number of carbonyl (C=O) groups excluding carboxylic acids is 4. The monoisotopic (exact) mass is 746 g/mol. The second-order valence-electron chi connectivity index (χ2n) is 12.2. The minimum absolute atomic E-state index is 0.00500. The molecule has 5 rings (SSSR count). The van der Waals surface area contributed by atoms with Gasteiger partial charge < -0.3 is 59.8 Å². The molecule has 0 saturated carbocycles. The Hall–Kier alpha value is -7.10. The van der Waals surface area contributed by atoms with Crippen molar-refractivity contribution < 1.29 is 79.0 Å². The SMILES string of the molecule is COC(=O)C(Cc1ccc(O)c(O)c1)OC(=O)C1=Cc2ccc(O)c(O)c2C(C(=O)OC(Cc2ccc(O)c(O)c2)C(=O)OC)C1c1ccc(O)c(O)c1. The molecule has 0 aliphatic heterocycles. The van der Waals surface area contributed by atoms with E-state index >= 15 is 0 Å². The topological polar surface area (TPSA) is 267 Å². The van der Waals surface area contributed by atoms with E-state index < -0.39 is 93.9 Å². The maximum Gasteiger partial charge on any atom is 0.347 e. The van der Waals surface area contributed by atoms with Crippen LogP contribution in [0.5, 0.6) is 46.0 Å². The number of phenolic OH excluding ortho intramolecular Hbond substituents is 8. The second-order valence-corrected chi connectivity index (χ2v) is 12.2. The number of hydrogen-bond acceptors (Lipinski definition) is 16. The zero-order valence-electron chi connectivity index (χ0n) is 28.5. The zero-order valence-corrected chi connectivity index (χ0v) is 28.5. The highest BCUT2D eigenvalue weighted by atomic mass is 16.6. The summed E-state index contributed by atoms with van der Waals surface area (Å²) >= 11 is 0. The molecular weight excluding hydrogens is 712 g/mol. The number of ether oxygens (including phenoxy) is 4. The first-order chi connectivity index (χ1) is 25.6. The van der Waals surface area contributed by atoms with Crippen molar-refractivity contribution in [3.05, 3.63) is 100 Å². The van der Waals surface area contributed by atoms with Crippen LogP contribution in [0.2, 0.25) is 0 Å². The Balaban J connectivity index is 1.63. The van der Waals surface area contributed by atoms with Crippen LogP contribution in [0, 0.1) is 0 Å². The number of phenols is 8. The molecule has 0 radical (unpaired) electrons. The number of methoxy groups -OCH3 is 2. The van der Waals surface area contributed by atoms with Gasteiger partial charge in [-0.05, 0) is 70.8 Å². The molecule has 0 bridgehead atoms. The van der Waals surface area contributed by atoms with Gasteiger partial charge in [-0.3, -0.25) is 4.79 Å². The molecule has 4 atom stereocenters. The molecule has 0 amide bonds. The summed E-state index contributed by atoms with van der Waals surface area (Å²) < 4.78 is 21.0. The number of esters is 4. The number of aromatic hydroxyl groups is 8. The summed E-state index contributed by atoms with van der Waals surface area (Å²) in [6.07, 6.45) is -2.91. The molecule has 282 valence electrons. The lowest BCUT2D eigenvalue weighted by atomic mass is 9.71. The molecule has 0 heterocycles. The predicted octanol–water partition coefficient (Wildman–Crippen LogP) is 3.25. The van der Waals surface area contributed by atoms with Gasteiger partial charge in [-0.1, -0.05) is 24.3 Å². The van der Waals surface area contributed by atoms with Crippen molar-refractivity contribution in [1.29, 1.82) is 0 Å². The average molecular weight is 747 g/mol. The van der Waals surface area contributed by atoms with E-state index in [1.807, 2.05) is 0 Å². The molecule has 16 nitrogen and oxygen atoms in total. The minimum atomic E-state index is -1.81. The van der Waals surface area contributed by atoms with Gasteiger partial charge in [-0.25, -0.2) is 14.4 Å². The molecule has 1 aliphatic rings. The highest BCUT2D eigenvalue weighted by Gasteiger charge is 2.46. The summed E-state index contributed by atoms with van der Waals surface area (Å²) in [5.41, 5.74) is -0.217. The maximum atomic E-state index is 14.4. The van der Waals surface area contributed by atoms with Crippen LogP contribution in [-0.2, 0) is 51.0 Å². The van der Waals surface area contributed by atoms with Gasteiger partial charge in [0.1, 0.15) is 0 Å². The summed E-state index contributed by atoms with van der Waals surface area (Å²) in [6.45, 7) is 0. The Morgan fingerprint density at radius 1 is 0.593 bits per heavy atom. The molecule has 4 aromatic rings. The Kier molecular flexibility index (Phi) is 11.1. The van der Waals surface area contributed by atoms with Crippen LogP contribution in [0.15, 0.2) is 72.3 Å². The number of fused-ring (bicyclic) bond motifs is 1. The first kappa shape index (κ1) is 38.1. The predicted molar refractivity (Wildman–Crippen MR) is 184 cm³/mol. The van der Waals surface area contributed by atoms with Crippen molar-refractivity contribution in [2.45, 2.75) is 36.9 Å². The first-order valence-corrected chi connectivity index (χ1v) is 16.0. The van der Waals surface area contributed by atoms with Gasteiger partial charge in [0, 0.05) is 29.9 Å². The lowest BCUT2D eigenvalue weighted by Gasteiger charge is -2.34. The summed E-state index contributed by atoms with van der Waals surface area (Å²) in [5.74, 6) is -12.6. The summed E-state index contributed by atoms with van der Waals surface area (Å²) in [7, 11) is 2.06. The fourth-order valence-corrected chi connectivity index (χ4v) is 6.05. The van der Waals surface area contributed by atoms with Gasteiger partial charge in [0.25, 0.3) is 0 Å². The van der Waals surface area contributed by atoms with Gasteiger partial charge in [0.2, 0.25) is 12.2 Å². The van der Waals surface area contributed by atoms with Crippen LogP contribution >= 0.6 is 0 Å². The van der Waals surface area contributed by atoms with Crippen molar-refractivity contribution in [2.75, 3.05) is 14.2 Å². The van der Waals surface area contributed by atoms with Crippen LogP contribution in [0.25, 0.3) is 6.08 Å². The molecule has 54 heavy (non-hydrogen) atoms. The fourth-order valence-electron chi connectivity index (χ4n) is 6.05. The average Bonchev–Trinajstić information content (AvgIpc) is 3.15. The molecule has 0 fully saturated rings. The highest BCUT2D eigenvalue weighted by molar-refractivity contribution is 6.01. The quantitative estimate of drug-likeness (QED) is 0.0622. The number of hydrogen-bond donors (Lipinski definition) is 8. The Morgan fingerprint density at radius 2 is 1.07 bits per heavy atom. The standard InChI is InChI=1S/C38H34O16/c1-51-36(48)29(13-17-3-7-22(39)26(43)11-17)53-35(47)21-15-19-6-10-25(42)34(46)32(19)33(31(21)20-5-9-24(41)28(45)16-20)38(50)54-30(37(49)52-2)14-18-4-8-23(40)27(44)12-18/h3-12,15-16,29-31,33,39-46H,13-14H2,1-2H3. The third-order valence-corrected chi connectivity index (χ3v) is 8.73. The molecular formula is C38H34O16. The zero-order chi connectivity index (χ0) is 39.4. The largest absolute Gasteiger partial charge is 0.504 e. The van der Waals surface area contributed by atoms with Crippen LogP contribution < -0.4 is 0 Å². The summed E-state index contributed by atoms with van der Waals surface area (Å²) in [4.78, 5) is 54.4. The van der Waals surface area contributed by atoms with Crippen molar-refractivity contribution in [2.24, 2.45) is 0 Å². The molecule has 8 N–H and O–H groups in total. The van der Waals surface area contributed by atoms with Gasteiger partial charge in [0.05, 0.1) is 20.1 Å². The van der Waals surface area contributed by atoms with E-state index in [0.29, 0.717) is 0 Å². The smallest absolute Gasteiger partial charge is 0.347 e. The van der Waals surface area contributed by atoms with E-state index in [9.17, 15) is 60.0 Å². The molecule has 0 saturated heterocycles. The molecule has 16 heteroatoms. The van der Waals surface area contributed by atoms with Gasteiger partial charge in [-0.15, -0.1) is 0 Å². The van der Waals surface area contributed by atoms with E-state index in [2.05, 4.69) is 0 Å². The first-order valence-electron chi connectivity index (χ1n) is 16.0. The Labute approximate surface area is 305 Å². The molecule has 1 aliphatic carbocycles. The van der Waals surface area contributed by atoms with Crippen molar-refractivity contribution in [1.82, 2.24) is 0 Å². The minimum Gasteiger partial charge on any atom is -0.504 e. The van der Waals surface area contributed by atoms with Gasteiger partial charge in [-0.2, -0.15) is 0 Å². The van der Waals surface area contributed by atoms with Gasteiger partial charge >= 0.3 is 23.9 Å². The van der Waals surface area contributed by atoms with Crippen LogP contribution in [0.4, 0.5) is 0 Å². The lowest BCUT2D eigenvalue weighted by molar-refractivity contribution is -0.167. The Morgan fingerprint density at radius 3 is 1.57 bits per heavy atom. The van der Waals surface area contributed by atoms with E-state index in [4.69, 9.17) is 18.9 Å². The number of rotatable bonds is 11. The molecule has 4 aromatic carbocycles. The van der Waals surface area contributed by atoms with Gasteiger partial charge in [0.15, 0.2) is 46.0 Å². The summed E-state index contributed by atoms with van der Waals surface area (Å²) in [5, 5.41) is 81.7. The lowest BCUT2D eigenvalue weighted by Crippen LogP contribution is -2.37. The maximum absolute atomic E-state index is 14.4. The van der Waals surface area contributed by atoms with E-state index in [1.54, 1.807) is 0 Å². The van der Waals surface area contributed by atoms with E-state index in [0.717, 1.165) is 56.7 Å². The summed E-state index contributed by atoms with van der Waals surface area (Å²) in [6, 6.07) is 12.9. The van der Waals surface area contributed by atoms with Crippen molar-refractivity contribution >= 4 is 30.0 Å². The third-order valence-electron chi connectivity index (χ3n) is 8.73.